The van der Waals surface area contributed by atoms with E-state index in [4.69, 9.17) is 5.73 Å². The SMILES string of the molecule is CC(C)N1CCC(N)C1c1ccc(F)cc1C(F)(F)F. The Morgan fingerprint density at radius 2 is 1.95 bits per heavy atom. The van der Waals surface area contributed by atoms with Crippen LogP contribution in [0.25, 0.3) is 0 Å². The van der Waals surface area contributed by atoms with Crippen LogP contribution in [-0.4, -0.2) is 23.5 Å². The van der Waals surface area contributed by atoms with Gasteiger partial charge in [0.1, 0.15) is 5.82 Å². The lowest BCUT2D eigenvalue weighted by atomic mass is 9.94. The molecule has 112 valence electrons. The number of rotatable bonds is 2. The molecule has 0 radical (unpaired) electrons. The monoisotopic (exact) mass is 290 g/mol. The summed E-state index contributed by atoms with van der Waals surface area (Å²) in [5.41, 5.74) is 5.13. The third-order valence-electron chi connectivity index (χ3n) is 3.79. The first-order valence-electron chi connectivity index (χ1n) is 6.59. The first-order valence-corrected chi connectivity index (χ1v) is 6.59. The highest BCUT2D eigenvalue weighted by atomic mass is 19.4. The van der Waals surface area contributed by atoms with E-state index in [1.54, 1.807) is 0 Å². The molecule has 2 N–H and O–H groups in total. The van der Waals surface area contributed by atoms with Gasteiger partial charge >= 0.3 is 6.18 Å². The molecule has 0 bridgehead atoms. The fraction of sp³-hybridized carbons (Fsp3) is 0.571. The Kier molecular flexibility index (Phi) is 4.07. The van der Waals surface area contributed by atoms with Gasteiger partial charge < -0.3 is 5.73 Å². The highest BCUT2D eigenvalue weighted by molar-refractivity contribution is 5.35. The number of alkyl halides is 3. The largest absolute Gasteiger partial charge is 0.416 e. The average molecular weight is 290 g/mol. The molecule has 0 aromatic heterocycles. The van der Waals surface area contributed by atoms with E-state index in [0.717, 1.165) is 6.07 Å². The van der Waals surface area contributed by atoms with Crippen molar-refractivity contribution in [2.75, 3.05) is 6.54 Å². The molecule has 6 heteroatoms. The zero-order chi connectivity index (χ0) is 15.1. The van der Waals surface area contributed by atoms with Gasteiger partial charge in [-0.25, -0.2) is 4.39 Å². The minimum absolute atomic E-state index is 0.0672. The predicted octanol–water partition coefficient (Wildman–Crippen LogP) is 3.33. The number of nitrogens with two attached hydrogens (primary N) is 1. The van der Waals surface area contributed by atoms with Crippen molar-refractivity contribution in [1.29, 1.82) is 0 Å². The maximum absolute atomic E-state index is 13.2. The van der Waals surface area contributed by atoms with E-state index in [1.807, 2.05) is 18.7 Å². The number of nitrogens with zero attached hydrogens (tertiary/aromatic N) is 1. The van der Waals surface area contributed by atoms with Crippen molar-refractivity contribution in [3.05, 3.63) is 35.1 Å². The molecule has 2 unspecified atom stereocenters. The normalized spacial score (nSPS) is 24.6. The zero-order valence-corrected chi connectivity index (χ0v) is 11.4. The van der Waals surface area contributed by atoms with Crippen LogP contribution in [0.1, 0.15) is 37.4 Å². The Morgan fingerprint density at radius 3 is 2.50 bits per heavy atom. The Balaban J connectivity index is 2.51. The van der Waals surface area contributed by atoms with E-state index < -0.39 is 23.6 Å². The van der Waals surface area contributed by atoms with E-state index in [-0.39, 0.29) is 17.6 Å². The molecule has 0 amide bonds. The highest BCUT2D eigenvalue weighted by Gasteiger charge is 2.41. The quantitative estimate of drug-likeness (QED) is 0.847. The molecule has 0 saturated carbocycles. The molecular weight excluding hydrogens is 272 g/mol. The maximum Gasteiger partial charge on any atom is 0.416 e. The third-order valence-corrected chi connectivity index (χ3v) is 3.79. The van der Waals surface area contributed by atoms with Gasteiger partial charge in [-0.3, -0.25) is 4.90 Å². The lowest BCUT2D eigenvalue weighted by molar-refractivity contribution is -0.139. The van der Waals surface area contributed by atoms with Crippen molar-refractivity contribution in [3.8, 4) is 0 Å². The fourth-order valence-corrected chi connectivity index (χ4v) is 2.86. The Bertz CT molecular complexity index is 485. The van der Waals surface area contributed by atoms with Gasteiger partial charge in [-0.05, 0) is 38.0 Å². The van der Waals surface area contributed by atoms with Crippen LogP contribution >= 0.6 is 0 Å². The molecule has 1 aliphatic heterocycles. The molecule has 2 rings (SSSR count). The molecule has 0 aliphatic carbocycles. The van der Waals surface area contributed by atoms with Crippen LogP contribution in [0, 0.1) is 5.82 Å². The zero-order valence-electron chi connectivity index (χ0n) is 11.4. The van der Waals surface area contributed by atoms with Gasteiger partial charge in [0.15, 0.2) is 0 Å². The molecule has 1 fully saturated rings. The van der Waals surface area contributed by atoms with Crippen molar-refractivity contribution < 1.29 is 17.6 Å². The number of hydrogen-bond acceptors (Lipinski definition) is 2. The Hall–Kier alpha value is -1.14. The Morgan fingerprint density at radius 1 is 1.30 bits per heavy atom. The second-order valence-electron chi connectivity index (χ2n) is 5.46. The van der Waals surface area contributed by atoms with Crippen LogP contribution in [0.2, 0.25) is 0 Å². The lowest BCUT2D eigenvalue weighted by Crippen LogP contribution is -2.37. The summed E-state index contributed by atoms with van der Waals surface area (Å²) in [4.78, 5) is 1.94. The first-order chi connectivity index (χ1) is 9.21. The summed E-state index contributed by atoms with van der Waals surface area (Å²) < 4.78 is 52.5. The van der Waals surface area contributed by atoms with Crippen molar-refractivity contribution >= 4 is 0 Å². The van der Waals surface area contributed by atoms with E-state index >= 15 is 0 Å². The minimum atomic E-state index is -4.58. The summed E-state index contributed by atoms with van der Waals surface area (Å²) in [5, 5.41) is 0. The van der Waals surface area contributed by atoms with E-state index in [2.05, 4.69) is 0 Å². The van der Waals surface area contributed by atoms with Gasteiger partial charge in [0.05, 0.1) is 11.6 Å². The smallest absolute Gasteiger partial charge is 0.326 e. The number of halogens is 4. The molecule has 2 nitrogen and oxygen atoms in total. The van der Waals surface area contributed by atoms with Gasteiger partial charge in [-0.1, -0.05) is 6.07 Å². The summed E-state index contributed by atoms with van der Waals surface area (Å²) in [6.45, 7) is 4.49. The lowest BCUT2D eigenvalue weighted by Gasteiger charge is -2.32. The predicted molar refractivity (Wildman–Crippen MR) is 68.6 cm³/mol. The van der Waals surface area contributed by atoms with E-state index in [9.17, 15) is 17.6 Å². The van der Waals surface area contributed by atoms with E-state index in [1.165, 1.54) is 6.07 Å². The van der Waals surface area contributed by atoms with Crippen molar-refractivity contribution in [2.24, 2.45) is 5.73 Å². The van der Waals surface area contributed by atoms with Crippen LogP contribution in [0.5, 0.6) is 0 Å². The van der Waals surface area contributed by atoms with Crippen molar-refractivity contribution in [1.82, 2.24) is 4.90 Å². The maximum atomic E-state index is 13.2. The molecule has 1 aliphatic rings. The van der Waals surface area contributed by atoms with E-state index in [0.29, 0.717) is 19.0 Å². The van der Waals surface area contributed by atoms with Gasteiger partial charge in [0.25, 0.3) is 0 Å². The van der Waals surface area contributed by atoms with Gasteiger partial charge in [0.2, 0.25) is 0 Å². The van der Waals surface area contributed by atoms with Gasteiger partial charge in [-0.15, -0.1) is 0 Å². The first kappa shape index (κ1) is 15.3. The molecule has 1 aromatic carbocycles. The molecule has 1 saturated heterocycles. The molecular formula is C14H18F4N2. The number of likely N-dealkylation sites (tertiary alicyclic amines) is 1. The molecule has 1 aromatic rings. The third kappa shape index (κ3) is 2.81. The van der Waals surface area contributed by atoms with Crippen LogP contribution in [0.15, 0.2) is 18.2 Å². The fourth-order valence-electron chi connectivity index (χ4n) is 2.86. The van der Waals surface area contributed by atoms with Crippen LogP contribution in [0.4, 0.5) is 17.6 Å². The number of benzene rings is 1. The minimum Gasteiger partial charge on any atom is -0.326 e. The summed E-state index contributed by atoms with van der Waals surface area (Å²) in [5.74, 6) is -0.885. The molecule has 0 spiro atoms. The van der Waals surface area contributed by atoms with Gasteiger partial charge in [-0.2, -0.15) is 13.2 Å². The summed E-state index contributed by atoms with van der Waals surface area (Å²) in [7, 11) is 0. The molecule has 20 heavy (non-hydrogen) atoms. The second kappa shape index (κ2) is 5.33. The van der Waals surface area contributed by atoms with Crippen LogP contribution in [-0.2, 0) is 6.18 Å². The van der Waals surface area contributed by atoms with Crippen molar-refractivity contribution in [3.63, 3.8) is 0 Å². The Labute approximate surface area is 115 Å². The topological polar surface area (TPSA) is 29.3 Å². The second-order valence-corrected chi connectivity index (χ2v) is 5.46. The standard InChI is InChI=1S/C14H18F4N2/c1-8(2)20-6-5-12(19)13(20)10-4-3-9(15)7-11(10)14(16,17)18/h3-4,7-8,12-13H,5-6,19H2,1-2H3. The average Bonchev–Trinajstić information content (AvgIpc) is 2.70. The summed E-state index contributed by atoms with van der Waals surface area (Å²) in [6, 6.07) is 2.02. The van der Waals surface area contributed by atoms with Crippen LogP contribution in [0.3, 0.4) is 0 Å². The summed E-state index contributed by atoms with van der Waals surface area (Å²) in [6.07, 6.45) is -3.94. The molecule has 2 atom stereocenters. The summed E-state index contributed by atoms with van der Waals surface area (Å²) >= 11 is 0. The van der Waals surface area contributed by atoms with Crippen molar-refractivity contribution in [2.45, 2.75) is 44.6 Å². The number of hydrogen-bond donors (Lipinski definition) is 1. The van der Waals surface area contributed by atoms with Crippen LogP contribution < -0.4 is 5.73 Å². The molecule has 1 heterocycles. The highest BCUT2D eigenvalue weighted by Crippen LogP contribution is 2.40. The van der Waals surface area contributed by atoms with Gasteiger partial charge in [0, 0.05) is 18.6 Å².